The molecule has 1 fully saturated rings. The Hall–Kier alpha value is -4.40. The van der Waals surface area contributed by atoms with Gasteiger partial charge in [0, 0.05) is 74.6 Å². The van der Waals surface area contributed by atoms with Crippen molar-refractivity contribution in [3.8, 4) is 11.3 Å². The van der Waals surface area contributed by atoms with E-state index < -0.39 is 0 Å². The lowest BCUT2D eigenvalue weighted by molar-refractivity contribution is -0.130. The van der Waals surface area contributed by atoms with Gasteiger partial charge in [0.05, 0.1) is 16.8 Å². The minimum atomic E-state index is -0.124. The summed E-state index contributed by atoms with van der Waals surface area (Å²) >= 11 is 0. The number of fused-ring (bicyclic) bond motifs is 1. The molecule has 1 unspecified atom stereocenters. The van der Waals surface area contributed by atoms with Gasteiger partial charge in [-0.1, -0.05) is 25.1 Å². The number of rotatable bonds is 8. The first kappa shape index (κ1) is 27.2. The Balaban J connectivity index is 1.23. The summed E-state index contributed by atoms with van der Waals surface area (Å²) in [4.78, 5) is 44.0. The van der Waals surface area contributed by atoms with Crippen molar-refractivity contribution in [2.75, 3.05) is 32.0 Å². The van der Waals surface area contributed by atoms with Gasteiger partial charge < -0.3 is 15.5 Å². The molecular formula is C31H35N7O2. The molecule has 0 radical (unpaired) electrons. The van der Waals surface area contributed by atoms with E-state index in [9.17, 15) is 9.59 Å². The number of pyridine rings is 2. The standard InChI is InChI=1S/C31H35N7O2/c1-20(25-5-4-6-26-27(31(40)32-3)9-12-33-30(25)26)17-35-29-16-28(36-19-37-29)23-7-8-24(34-18-23)15-22-10-13-38(14-11-22)21(2)39/h4-9,12,16,18-20,22H,10-11,13-15,17H2,1-3H3,(H,32,40)(H,35,36,37). The molecule has 0 aliphatic carbocycles. The highest BCUT2D eigenvalue weighted by atomic mass is 16.2. The fourth-order valence-corrected chi connectivity index (χ4v) is 5.35. The van der Waals surface area contributed by atoms with Gasteiger partial charge in [-0.2, -0.15) is 0 Å². The summed E-state index contributed by atoms with van der Waals surface area (Å²) in [6, 6.07) is 13.8. The topological polar surface area (TPSA) is 113 Å². The van der Waals surface area contributed by atoms with Crippen LogP contribution in [-0.4, -0.2) is 63.3 Å². The quantitative estimate of drug-likeness (QED) is 0.341. The normalized spacial score (nSPS) is 14.6. The Labute approximate surface area is 234 Å². The average molecular weight is 538 g/mol. The first-order valence-electron chi connectivity index (χ1n) is 13.8. The van der Waals surface area contributed by atoms with E-state index in [0.717, 1.165) is 71.6 Å². The number of carbonyl (C=O) groups is 2. The first-order chi connectivity index (χ1) is 19.4. The largest absolute Gasteiger partial charge is 0.369 e. The zero-order valence-electron chi connectivity index (χ0n) is 23.2. The molecule has 0 spiro atoms. The molecule has 1 atom stereocenters. The molecule has 9 nitrogen and oxygen atoms in total. The second-order valence-electron chi connectivity index (χ2n) is 10.4. The predicted molar refractivity (Wildman–Crippen MR) is 156 cm³/mol. The number of nitrogens with zero attached hydrogens (tertiary/aromatic N) is 5. The molecule has 1 saturated heterocycles. The molecule has 206 valence electrons. The van der Waals surface area contributed by atoms with Gasteiger partial charge in [-0.25, -0.2) is 9.97 Å². The lowest BCUT2D eigenvalue weighted by atomic mass is 9.92. The summed E-state index contributed by atoms with van der Waals surface area (Å²) in [6.45, 7) is 6.08. The zero-order valence-corrected chi connectivity index (χ0v) is 23.2. The number of likely N-dealkylation sites (tertiary alicyclic amines) is 1. The lowest BCUT2D eigenvalue weighted by Gasteiger charge is -2.31. The number of anilines is 1. The Morgan fingerprint density at radius 2 is 1.88 bits per heavy atom. The van der Waals surface area contributed by atoms with Crippen molar-refractivity contribution in [1.82, 2.24) is 30.2 Å². The SMILES string of the molecule is CNC(=O)c1ccnc2c(C(C)CNc3cc(-c4ccc(CC5CCN(C(C)=O)CC5)nc4)ncn3)cccc12. The van der Waals surface area contributed by atoms with Crippen LogP contribution in [0.15, 0.2) is 61.2 Å². The van der Waals surface area contributed by atoms with Crippen molar-refractivity contribution in [2.45, 2.75) is 39.0 Å². The summed E-state index contributed by atoms with van der Waals surface area (Å²) < 4.78 is 0. The maximum atomic E-state index is 12.3. The van der Waals surface area contributed by atoms with Crippen LogP contribution in [0.5, 0.6) is 0 Å². The van der Waals surface area contributed by atoms with Crippen molar-refractivity contribution in [1.29, 1.82) is 0 Å². The van der Waals surface area contributed by atoms with Crippen molar-refractivity contribution in [3.63, 3.8) is 0 Å². The van der Waals surface area contributed by atoms with Crippen molar-refractivity contribution >= 4 is 28.5 Å². The van der Waals surface area contributed by atoms with Gasteiger partial charge >= 0.3 is 0 Å². The van der Waals surface area contributed by atoms with Gasteiger partial charge in [0.25, 0.3) is 5.91 Å². The van der Waals surface area contributed by atoms with Crippen molar-refractivity contribution < 1.29 is 9.59 Å². The number of amides is 2. The van der Waals surface area contributed by atoms with E-state index in [0.29, 0.717) is 18.0 Å². The molecule has 1 aromatic carbocycles. The number of piperidine rings is 1. The number of carbonyl (C=O) groups excluding carboxylic acids is 2. The molecule has 0 saturated carbocycles. The van der Waals surface area contributed by atoms with Gasteiger partial charge in [-0.15, -0.1) is 0 Å². The molecule has 3 aromatic heterocycles. The summed E-state index contributed by atoms with van der Waals surface area (Å²) in [7, 11) is 1.63. The third kappa shape index (κ3) is 6.09. The summed E-state index contributed by atoms with van der Waals surface area (Å²) in [6.07, 6.45) is 8.09. The van der Waals surface area contributed by atoms with Gasteiger partial charge in [0.15, 0.2) is 0 Å². The first-order valence-corrected chi connectivity index (χ1v) is 13.8. The van der Waals surface area contributed by atoms with Crippen LogP contribution < -0.4 is 10.6 Å². The number of benzene rings is 1. The molecule has 4 aromatic rings. The number of para-hydroxylation sites is 1. The molecule has 2 amide bonds. The molecule has 40 heavy (non-hydrogen) atoms. The fraction of sp³-hybridized carbons (Fsp3) is 0.355. The van der Waals surface area contributed by atoms with Crippen LogP contribution in [0, 0.1) is 5.92 Å². The number of hydrogen-bond acceptors (Lipinski definition) is 7. The fourth-order valence-electron chi connectivity index (χ4n) is 5.35. The molecule has 0 bridgehead atoms. The maximum absolute atomic E-state index is 12.3. The third-order valence-electron chi connectivity index (χ3n) is 7.74. The van der Waals surface area contributed by atoms with Crippen LogP contribution in [0.25, 0.3) is 22.2 Å². The predicted octanol–water partition coefficient (Wildman–Crippen LogP) is 4.46. The maximum Gasteiger partial charge on any atom is 0.251 e. The van der Waals surface area contributed by atoms with E-state index in [2.05, 4.69) is 50.7 Å². The Morgan fingerprint density at radius 1 is 1.05 bits per heavy atom. The molecule has 1 aliphatic heterocycles. The van der Waals surface area contributed by atoms with E-state index in [1.54, 1.807) is 32.6 Å². The van der Waals surface area contributed by atoms with Crippen LogP contribution in [0.3, 0.4) is 0 Å². The Bertz CT molecular complexity index is 1500. The molecule has 5 rings (SSSR count). The summed E-state index contributed by atoms with van der Waals surface area (Å²) in [5.41, 5.74) is 5.32. The highest BCUT2D eigenvalue weighted by Crippen LogP contribution is 2.27. The number of aromatic nitrogens is 4. The highest BCUT2D eigenvalue weighted by Gasteiger charge is 2.21. The summed E-state index contributed by atoms with van der Waals surface area (Å²) in [5, 5.41) is 6.98. The molecule has 1 aliphatic rings. The van der Waals surface area contributed by atoms with Gasteiger partial charge in [0.2, 0.25) is 5.91 Å². The number of hydrogen-bond donors (Lipinski definition) is 2. The molecule has 4 heterocycles. The van der Waals surface area contributed by atoms with E-state index in [1.807, 2.05) is 29.3 Å². The van der Waals surface area contributed by atoms with Crippen LogP contribution >= 0.6 is 0 Å². The minimum absolute atomic E-state index is 0.123. The van der Waals surface area contributed by atoms with Crippen LogP contribution in [0.4, 0.5) is 5.82 Å². The third-order valence-corrected chi connectivity index (χ3v) is 7.74. The van der Waals surface area contributed by atoms with Crippen LogP contribution in [-0.2, 0) is 11.2 Å². The smallest absolute Gasteiger partial charge is 0.251 e. The van der Waals surface area contributed by atoms with Gasteiger partial charge in [-0.3, -0.25) is 19.6 Å². The summed E-state index contributed by atoms with van der Waals surface area (Å²) in [5.74, 6) is 1.45. The van der Waals surface area contributed by atoms with Crippen LogP contribution in [0.1, 0.15) is 54.2 Å². The second-order valence-corrected chi connectivity index (χ2v) is 10.4. The molecule has 2 N–H and O–H groups in total. The highest BCUT2D eigenvalue weighted by molar-refractivity contribution is 6.06. The Morgan fingerprint density at radius 3 is 2.60 bits per heavy atom. The van der Waals surface area contributed by atoms with Gasteiger partial charge in [-0.05, 0) is 48.9 Å². The van der Waals surface area contributed by atoms with E-state index in [4.69, 9.17) is 4.98 Å². The van der Waals surface area contributed by atoms with E-state index >= 15 is 0 Å². The zero-order chi connectivity index (χ0) is 28.1. The van der Waals surface area contributed by atoms with Crippen molar-refractivity contribution in [3.05, 3.63) is 78.0 Å². The monoisotopic (exact) mass is 537 g/mol. The second kappa shape index (κ2) is 12.2. The number of nitrogens with one attached hydrogen (secondary N) is 2. The van der Waals surface area contributed by atoms with E-state index in [1.165, 1.54) is 0 Å². The molecular weight excluding hydrogens is 502 g/mol. The van der Waals surface area contributed by atoms with Crippen molar-refractivity contribution in [2.24, 2.45) is 5.92 Å². The van der Waals surface area contributed by atoms with E-state index in [-0.39, 0.29) is 17.7 Å². The lowest BCUT2D eigenvalue weighted by Crippen LogP contribution is -2.37. The Kier molecular flexibility index (Phi) is 8.28. The average Bonchev–Trinajstić information content (AvgIpc) is 2.99. The van der Waals surface area contributed by atoms with Gasteiger partial charge in [0.1, 0.15) is 12.1 Å². The molecule has 9 heteroatoms. The van der Waals surface area contributed by atoms with Crippen LogP contribution in [0.2, 0.25) is 0 Å². The minimum Gasteiger partial charge on any atom is -0.369 e.